The molecule has 0 aliphatic rings. The van der Waals surface area contributed by atoms with Gasteiger partial charge in [0.05, 0.1) is 5.01 Å². The minimum absolute atomic E-state index is 0.00116. The number of hydrogen-bond donors (Lipinski definition) is 2. The van der Waals surface area contributed by atoms with Gasteiger partial charge >= 0.3 is 0 Å². The summed E-state index contributed by atoms with van der Waals surface area (Å²) in [7, 11) is 0. The quantitative estimate of drug-likeness (QED) is 0.794. The van der Waals surface area contributed by atoms with E-state index in [2.05, 4.69) is 31.1 Å². The number of carbonyl (C=O) groups excluding carboxylic acids is 1. The monoisotopic (exact) mass is 310 g/mol. The Morgan fingerprint density at radius 1 is 1.48 bits per heavy atom. The predicted octanol–water partition coefficient (Wildman–Crippen LogP) is 2.98. The Bertz CT molecular complexity index is 487. The topological polar surface area (TPSA) is 62.2 Å². The van der Waals surface area contributed by atoms with Gasteiger partial charge in [0.2, 0.25) is 5.91 Å². The maximum absolute atomic E-state index is 11.9. The molecule has 0 saturated carbocycles. The summed E-state index contributed by atoms with van der Waals surface area (Å²) in [6.07, 6.45) is 5.69. The second kappa shape index (κ2) is 7.71. The summed E-state index contributed by atoms with van der Waals surface area (Å²) in [5, 5.41) is 13.0. The molecule has 4 nitrogen and oxygen atoms in total. The van der Waals surface area contributed by atoms with Crippen molar-refractivity contribution in [2.75, 3.05) is 6.61 Å². The first-order valence-electron chi connectivity index (χ1n) is 7.29. The van der Waals surface area contributed by atoms with Crippen molar-refractivity contribution >= 4 is 23.3 Å². The number of rotatable bonds is 6. The highest BCUT2D eigenvalue weighted by molar-refractivity contribution is 7.12. The Hall–Kier alpha value is -1.20. The van der Waals surface area contributed by atoms with Crippen LogP contribution in [0.4, 0.5) is 0 Å². The van der Waals surface area contributed by atoms with Gasteiger partial charge in [-0.15, -0.1) is 11.3 Å². The van der Waals surface area contributed by atoms with Crippen molar-refractivity contribution < 1.29 is 9.90 Å². The minimum Gasteiger partial charge on any atom is -0.396 e. The standard InChI is InChI=1S/C16H26N2O2S/c1-11(2)13(8-9-19)18-14(20)7-6-12-10-17-15(21-12)16(3,4)5/h6-7,10-11,13,19H,8-9H2,1-5H3,(H,18,20)/b7-6+. The van der Waals surface area contributed by atoms with Crippen LogP contribution in [0.3, 0.4) is 0 Å². The van der Waals surface area contributed by atoms with E-state index in [-0.39, 0.29) is 24.0 Å². The molecule has 1 atom stereocenters. The first-order chi connectivity index (χ1) is 9.74. The minimum atomic E-state index is -0.132. The summed E-state index contributed by atoms with van der Waals surface area (Å²) in [4.78, 5) is 17.3. The number of hydrogen-bond acceptors (Lipinski definition) is 4. The van der Waals surface area contributed by atoms with Crippen LogP contribution in [0.25, 0.3) is 6.08 Å². The number of thiazole rings is 1. The molecule has 21 heavy (non-hydrogen) atoms. The number of aromatic nitrogens is 1. The summed E-state index contributed by atoms with van der Waals surface area (Å²) >= 11 is 1.60. The van der Waals surface area contributed by atoms with Crippen LogP contribution >= 0.6 is 11.3 Å². The molecule has 0 bridgehead atoms. The maximum Gasteiger partial charge on any atom is 0.244 e. The van der Waals surface area contributed by atoms with Crippen LogP contribution in [0.5, 0.6) is 0 Å². The summed E-state index contributed by atoms with van der Waals surface area (Å²) in [6, 6.07) is -0.00116. The Balaban J connectivity index is 2.63. The molecule has 1 rings (SSSR count). The van der Waals surface area contributed by atoms with E-state index in [4.69, 9.17) is 5.11 Å². The molecule has 1 aromatic rings. The molecule has 0 saturated heterocycles. The van der Waals surface area contributed by atoms with Gasteiger partial charge in [0.1, 0.15) is 0 Å². The third-order valence-electron chi connectivity index (χ3n) is 3.14. The molecule has 0 aliphatic heterocycles. The van der Waals surface area contributed by atoms with Crippen LogP contribution in [0, 0.1) is 5.92 Å². The van der Waals surface area contributed by atoms with E-state index in [0.717, 1.165) is 9.88 Å². The third-order valence-corrected chi connectivity index (χ3v) is 4.52. The number of nitrogens with zero attached hydrogens (tertiary/aromatic N) is 1. The van der Waals surface area contributed by atoms with E-state index < -0.39 is 0 Å². The van der Waals surface area contributed by atoms with Gasteiger partial charge in [-0.2, -0.15) is 0 Å². The second-order valence-electron chi connectivity index (χ2n) is 6.52. The van der Waals surface area contributed by atoms with Crippen LogP contribution in [0.2, 0.25) is 0 Å². The van der Waals surface area contributed by atoms with Crippen LogP contribution in [0.1, 0.15) is 50.9 Å². The lowest BCUT2D eigenvalue weighted by atomic mass is 9.98. The van der Waals surface area contributed by atoms with Crippen molar-refractivity contribution in [1.29, 1.82) is 0 Å². The van der Waals surface area contributed by atoms with Crippen LogP contribution in [-0.4, -0.2) is 28.6 Å². The first-order valence-corrected chi connectivity index (χ1v) is 8.11. The molecule has 0 fully saturated rings. The van der Waals surface area contributed by atoms with E-state index in [1.807, 2.05) is 13.8 Å². The number of carbonyl (C=O) groups is 1. The van der Waals surface area contributed by atoms with Gasteiger partial charge in [-0.05, 0) is 18.4 Å². The zero-order valence-electron chi connectivity index (χ0n) is 13.5. The van der Waals surface area contributed by atoms with Crippen molar-refractivity contribution in [3.8, 4) is 0 Å². The Morgan fingerprint density at radius 2 is 2.14 bits per heavy atom. The van der Waals surface area contributed by atoms with Crippen molar-refractivity contribution in [1.82, 2.24) is 10.3 Å². The molecule has 1 heterocycles. The van der Waals surface area contributed by atoms with Gasteiger partial charge < -0.3 is 10.4 Å². The fourth-order valence-corrected chi connectivity index (χ4v) is 2.69. The normalized spacial score (nSPS) is 13.9. The van der Waals surface area contributed by atoms with Crippen molar-refractivity contribution in [3.05, 3.63) is 22.2 Å². The van der Waals surface area contributed by atoms with E-state index >= 15 is 0 Å². The highest BCUT2D eigenvalue weighted by atomic mass is 32.1. The molecule has 0 spiro atoms. The second-order valence-corrected chi connectivity index (χ2v) is 7.58. The molecule has 1 unspecified atom stereocenters. The van der Waals surface area contributed by atoms with Crippen molar-refractivity contribution in [2.45, 2.75) is 52.5 Å². The molecule has 5 heteroatoms. The van der Waals surface area contributed by atoms with Gasteiger partial charge in [0.25, 0.3) is 0 Å². The lowest BCUT2D eigenvalue weighted by Crippen LogP contribution is -2.38. The van der Waals surface area contributed by atoms with E-state index in [1.165, 1.54) is 6.08 Å². The van der Waals surface area contributed by atoms with Crippen molar-refractivity contribution in [3.63, 3.8) is 0 Å². The molecule has 0 aliphatic carbocycles. The average molecular weight is 310 g/mol. The predicted molar refractivity (Wildman–Crippen MR) is 88.3 cm³/mol. The lowest BCUT2D eigenvalue weighted by Gasteiger charge is -2.20. The molecule has 0 aromatic carbocycles. The van der Waals surface area contributed by atoms with E-state index in [1.54, 1.807) is 23.6 Å². The number of amides is 1. The van der Waals surface area contributed by atoms with E-state index in [9.17, 15) is 4.79 Å². The van der Waals surface area contributed by atoms with Crippen LogP contribution < -0.4 is 5.32 Å². The summed E-state index contributed by atoms with van der Waals surface area (Å²) in [5.74, 6) is 0.165. The molecular formula is C16H26N2O2S. The maximum atomic E-state index is 11.9. The highest BCUT2D eigenvalue weighted by Gasteiger charge is 2.17. The summed E-state index contributed by atoms with van der Waals surface area (Å²) in [6.45, 7) is 10.5. The zero-order chi connectivity index (χ0) is 16.0. The molecule has 118 valence electrons. The smallest absolute Gasteiger partial charge is 0.244 e. The van der Waals surface area contributed by atoms with Crippen molar-refractivity contribution in [2.24, 2.45) is 5.92 Å². The number of aliphatic hydroxyl groups is 1. The largest absolute Gasteiger partial charge is 0.396 e. The highest BCUT2D eigenvalue weighted by Crippen LogP contribution is 2.27. The fourth-order valence-electron chi connectivity index (χ4n) is 1.81. The number of aliphatic hydroxyl groups excluding tert-OH is 1. The summed E-state index contributed by atoms with van der Waals surface area (Å²) < 4.78 is 0. The Labute approximate surface area is 131 Å². The van der Waals surface area contributed by atoms with Crippen LogP contribution in [-0.2, 0) is 10.2 Å². The van der Waals surface area contributed by atoms with Gasteiger partial charge in [-0.1, -0.05) is 34.6 Å². The number of nitrogens with one attached hydrogen (secondary N) is 1. The Morgan fingerprint density at radius 3 is 2.62 bits per heavy atom. The third kappa shape index (κ3) is 5.98. The SMILES string of the molecule is CC(C)C(CCO)NC(=O)/C=C/c1cnc(C(C)(C)C)s1. The van der Waals surface area contributed by atoms with Gasteiger partial charge in [-0.3, -0.25) is 4.79 Å². The molecule has 1 amide bonds. The van der Waals surface area contributed by atoms with Gasteiger partial charge in [-0.25, -0.2) is 4.98 Å². The molecule has 2 N–H and O–H groups in total. The van der Waals surface area contributed by atoms with Crippen LogP contribution in [0.15, 0.2) is 12.3 Å². The fraction of sp³-hybridized carbons (Fsp3) is 0.625. The molecular weight excluding hydrogens is 284 g/mol. The van der Waals surface area contributed by atoms with Gasteiger partial charge in [0, 0.05) is 35.2 Å². The first kappa shape index (κ1) is 17.9. The van der Waals surface area contributed by atoms with Gasteiger partial charge in [0.15, 0.2) is 0 Å². The molecule has 0 radical (unpaired) electrons. The summed E-state index contributed by atoms with van der Waals surface area (Å²) in [5.41, 5.74) is 0.0306. The average Bonchev–Trinajstić information content (AvgIpc) is 2.84. The lowest BCUT2D eigenvalue weighted by molar-refractivity contribution is -0.117. The Kier molecular flexibility index (Phi) is 6.55. The molecule has 1 aromatic heterocycles. The zero-order valence-corrected chi connectivity index (χ0v) is 14.3. The van der Waals surface area contributed by atoms with E-state index in [0.29, 0.717) is 12.3 Å².